The van der Waals surface area contributed by atoms with Gasteiger partial charge in [0.1, 0.15) is 16.2 Å². The van der Waals surface area contributed by atoms with Gasteiger partial charge in [0.25, 0.3) is 0 Å². The molecule has 0 saturated heterocycles. The van der Waals surface area contributed by atoms with E-state index in [9.17, 15) is 4.79 Å². The van der Waals surface area contributed by atoms with Crippen LogP contribution >= 0.6 is 23.1 Å². The highest BCUT2D eigenvalue weighted by Crippen LogP contribution is 2.38. The van der Waals surface area contributed by atoms with E-state index in [1.165, 1.54) is 17.3 Å². The van der Waals surface area contributed by atoms with Crippen molar-refractivity contribution in [3.8, 4) is 0 Å². The minimum Gasteiger partial charge on any atom is -0.293 e. The number of carbonyl (C=O) groups excluding carboxylic acids is 1. The summed E-state index contributed by atoms with van der Waals surface area (Å²) in [6.07, 6.45) is 1.57. The summed E-state index contributed by atoms with van der Waals surface area (Å²) >= 11 is 3.06. The normalized spacial score (nSPS) is 11.3. The maximum absolute atomic E-state index is 12.4. The molecular formula is C19H15N3OS2. The van der Waals surface area contributed by atoms with Crippen LogP contribution in [0.15, 0.2) is 47.8 Å². The van der Waals surface area contributed by atoms with Gasteiger partial charge < -0.3 is 0 Å². The fraction of sp³-hybridized carbons (Fsp3) is 0.158. The second-order valence-electron chi connectivity index (χ2n) is 5.80. The standard InChI is InChI=1S/C19H15N3OS2/c1-11-8-12(2)22-18-15(11)16-17(25-18)19(21-10-20-16)24-9-14(23)13-6-4-3-5-7-13/h3-8,10H,9H2,1-2H3. The van der Waals surface area contributed by atoms with Gasteiger partial charge in [0, 0.05) is 16.6 Å². The van der Waals surface area contributed by atoms with Crippen LogP contribution in [0.2, 0.25) is 0 Å². The van der Waals surface area contributed by atoms with Crippen molar-refractivity contribution in [2.24, 2.45) is 0 Å². The maximum atomic E-state index is 12.4. The van der Waals surface area contributed by atoms with E-state index in [0.29, 0.717) is 5.75 Å². The van der Waals surface area contributed by atoms with Gasteiger partial charge in [-0.2, -0.15) is 0 Å². The highest BCUT2D eigenvalue weighted by atomic mass is 32.2. The second kappa shape index (κ2) is 6.54. The molecule has 0 aliphatic carbocycles. The Labute approximate surface area is 153 Å². The Balaban J connectivity index is 1.71. The van der Waals surface area contributed by atoms with Crippen molar-refractivity contribution in [2.75, 3.05) is 5.75 Å². The molecule has 0 atom stereocenters. The largest absolute Gasteiger partial charge is 0.293 e. The number of pyridine rings is 1. The van der Waals surface area contributed by atoms with E-state index in [1.807, 2.05) is 37.3 Å². The fourth-order valence-electron chi connectivity index (χ4n) is 2.83. The van der Waals surface area contributed by atoms with Gasteiger partial charge in [-0.1, -0.05) is 42.1 Å². The zero-order chi connectivity index (χ0) is 17.4. The third-order valence-electron chi connectivity index (χ3n) is 3.95. The summed E-state index contributed by atoms with van der Waals surface area (Å²) in [7, 11) is 0. The maximum Gasteiger partial charge on any atom is 0.173 e. The molecule has 0 radical (unpaired) electrons. The van der Waals surface area contributed by atoms with Gasteiger partial charge in [0.2, 0.25) is 0 Å². The molecule has 0 aliphatic heterocycles. The van der Waals surface area contributed by atoms with Crippen molar-refractivity contribution in [1.82, 2.24) is 15.0 Å². The average molecular weight is 365 g/mol. The quantitative estimate of drug-likeness (QED) is 0.294. The van der Waals surface area contributed by atoms with Crippen molar-refractivity contribution >= 4 is 49.3 Å². The molecule has 4 aromatic rings. The predicted molar refractivity (Wildman–Crippen MR) is 104 cm³/mol. The number of carbonyl (C=O) groups is 1. The van der Waals surface area contributed by atoms with E-state index in [0.717, 1.165) is 36.7 Å². The van der Waals surface area contributed by atoms with Crippen LogP contribution in [0.25, 0.3) is 20.4 Å². The lowest BCUT2D eigenvalue weighted by Crippen LogP contribution is -2.02. The molecule has 0 bridgehead atoms. The van der Waals surface area contributed by atoms with E-state index < -0.39 is 0 Å². The summed E-state index contributed by atoms with van der Waals surface area (Å²) in [6.45, 7) is 4.08. The average Bonchev–Trinajstić information content (AvgIpc) is 2.99. The number of aryl methyl sites for hydroxylation is 2. The first-order chi connectivity index (χ1) is 12.1. The minimum atomic E-state index is 0.101. The molecule has 0 amide bonds. The van der Waals surface area contributed by atoms with Crippen LogP contribution < -0.4 is 0 Å². The van der Waals surface area contributed by atoms with Crippen LogP contribution in [0.5, 0.6) is 0 Å². The van der Waals surface area contributed by atoms with Gasteiger partial charge in [0.15, 0.2) is 5.78 Å². The summed E-state index contributed by atoms with van der Waals surface area (Å²) in [4.78, 5) is 26.8. The van der Waals surface area contributed by atoms with Crippen LogP contribution in [0.4, 0.5) is 0 Å². The first-order valence-corrected chi connectivity index (χ1v) is 9.66. The molecule has 1 aromatic carbocycles. The lowest BCUT2D eigenvalue weighted by Gasteiger charge is -2.02. The Hall–Kier alpha value is -2.31. The third-order valence-corrected chi connectivity index (χ3v) is 6.15. The molecule has 4 nitrogen and oxygen atoms in total. The zero-order valence-corrected chi connectivity index (χ0v) is 15.4. The van der Waals surface area contributed by atoms with E-state index in [1.54, 1.807) is 17.7 Å². The van der Waals surface area contributed by atoms with Crippen LogP contribution in [0.3, 0.4) is 0 Å². The number of hydrogen-bond acceptors (Lipinski definition) is 6. The van der Waals surface area contributed by atoms with Crippen LogP contribution in [0.1, 0.15) is 21.6 Å². The van der Waals surface area contributed by atoms with Gasteiger partial charge in [-0.25, -0.2) is 15.0 Å². The van der Waals surface area contributed by atoms with E-state index in [4.69, 9.17) is 0 Å². The van der Waals surface area contributed by atoms with Gasteiger partial charge in [-0.15, -0.1) is 11.3 Å². The molecule has 0 spiro atoms. The first-order valence-electron chi connectivity index (χ1n) is 7.86. The number of Topliss-reactive ketones (excluding diaryl/α,β-unsaturated/α-hetero) is 1. The SMILES string of the molecule is Cc1cc(C)c2c(n1)sc1c(SCC(=O)c3ccccc3)ncnc12. The van der Waals surface area contributed by atoms with Crippen LogP contribution in [-0.4, -0.2) is 26.5 Å². The molecule has 3 heterocycles. The summed E-state index contributed by atoms with van der Waals surface area (Å²) in [5.74, 6) is 0.458. The number of thiophene rings is 1. The molecule has 0 aliphatic rings. The topological polar surface area (TPSA) is 55.7 Å². The van der Waals surface area contributed by atoms with Crippen molar-refractivity contribution in [1.29, 1.82) is 0 Å². The van der Waals surface area contributed by atoms with E-state index in [-0.39, 0.29) is 5.78 Å². The van der Waals surface area contributed by atoms with E-state index in [2.05, 4.69) is 27.9 Å². The van der Waals surface area contributed by atoms with Crippen molar-refractivity contribution in [2.45, 2.75) is 18.9 Å². The van der Waals surface area contributed by atoms with Gasteiger partial charge >= 0.3 is 0 Å². The highest BCUT2D eigenvalue weighted by molar-refractivity contribution is 8.00. The zero-order valence-electron chi connectivity index (χ0n) is 13.8. The third kappa shape index (κ3) is 3.03. The summed E-state index contributed by atoms with van der Waals surface area (Å²) in [5.41, 5.74) is 3.82. The number of fused-ring (bicyclic) bond motifs is 3. The molecule has 0 unspecified atom stereocenters. The first kappa shape index (κ1) is 16.2. The van der Waals surface area contributed by atoms with Gasteiger partial charge in [-0.3, -0.25) is 4.79 Å². The number of aromatic nitrogens is 3. The molecular weight excluding hydrogens is 350 g/mol. The van der Waals surface area contributed by atoms with Crippen LogP contribution in [-0.2, 0) is 0 Å². The molecule has 124 valence electrons. The Bertz CT molecular complexity index is 1090. The molecule has 3 aromatic heterocycles. The Morgan fingerprint density at radius 3 is 2.76 bits per heavy atom. The van der Waals surface area contributed by atoms with Crippen LogP contribution in [0, 0.1) is 13.8 Å². The van der Waals surface area contributed by atoms with Crippen molar-refractivity contribution < 1.29 is 4.79 Å². The fourth-order valence-corrected chi connectivity index (χ4v) is 5.05. The Morgan fingerprint density at radius 2 is 1.96 bits per heavy atom. The highest BCUT2D eigenvalue weighted by Gasteiger charge is 2.16. The number of thioether (sulfide) groups is 1. The number of rotatable bonds is 4. The van der Waals surface area contributed by atoms with Crippen molar-refractivity contribution in [3.63, 3.8) is 0 Å². The molecule has 25 heavy (non-hydrogen) atoms. The summed E-state index contributed by atoms with van der Waals surface area (Å²) < 4.78 is 1.00. The number of ketones is 1. The molecule has 4 rings (SSSR count). The van der Waals surface area contributed by atoms with E-state index >= 15 is 0 Å². The lowest BCUT2D eigenvalue weighted by atomic mass is 10.1. The Morgan fingerprint density at radius 1 is 1.16 bits per heavy atom. The Kier molecular flexibility index (Phi) is 4.23. The smallest absolute Gasteiger partial charge is 0.173 e. The summed E-state index contributed by atoms with van der Waals surface area (Å²) in [6, 6.07) is 11.4. The molecule has 0 fully saturated rings. The van der Waals surface area contributed by atoms with Crippen molar-refractivity contribution in [3.05, 3.63) is 59.5 Å². The second-order valence-corrected chi connectivity index (χ2v) is 7.76. The summed E-state index contributed by atoms with van der Waals surface area (Å²) in [5, 5.41) is 1.93. The molecule has 6 heteroatoms. The van der Waals surface area contributed by atoms with Gasteiger partial charge in [-0.05, 0) is 25.5 Å². The molecule has 0 saturated carbocycles. The number of nitrogens with zero attached hydrogens (tertiary/aromatic N) is 3. The number of hydrogen-bond donors (Lipinski definition) is 0. The molecule has 0 N–H and O–H groups in total. The monoisotopic (exact) mass is 365 g/mol. The predicted octanol–water partition coefficient (Wildman–Crippen LogP) is 4.83. The minimum absolute atomic E-state index is 0.101. The lowest BCUT2D eigenvalue weighted by molar-refractivity contribution is 0.102. The number of benzene rings is 1. The van der Waals surface area contributed by atoms with Gasteiger partial charge in [0.05, 0.1) is 16.0 Å².